The zero-order valence-electron chi connectivity index (χ0n) is 8.73. The summed E-state index contributed by atoms with van der Waals surface area (Å²) in [5.41, 5.74) is 2.01. The lowest BCUT2D eigenvalue weighted by Gasteiger charge is -2.18. The average molecular weight is 207 g/mol. The van der Waals surface area contributed by atoms with Gasteiger partial charge in [0.05, 0.1) is 7.11 Å². The molecule has 1 aliphatic heterocycles. The molecule has 0 unspecified atom stereocenters. The van der Waals surface area contributed by atoms with Crippen molar-refractivity contribution in [3.8, 4) is 5.75 Å². The van der Waals surface area contributed by atoms with Crippen molar-refractivity contribution in [2.24, 2.45) is 0 Å². The molecule has 2 rings (SSSR count). The van der Waals surface area contributed by atoms with Crippen molar-refractivity contribution in [3.05, 3.63) is 23.8 Å². The van der Waals surface area contributed by atoms with E-state index in [-0.39, 0.29) is 0 Å². The highest BCUT2D eigenvalue weighted by atomic mass is 16.5. The lowest BCUT2D eigenvalue weighted by molar-refractivity contribution is -0.138. The molecule has 0 saturated heterocycles. The number of ether oxygens (including phenoxy) is 1. The Kier molecular flexibility index (Phi) is 2.26. The van der Waals surface area contributed by atoms with Crippen molar-refractivity contribution >= 4 is 11.7 Å². The van der Waals surface area contributed by atoms with E-state index in [9.17, 15) is 4.79 Å². The average Bonchev–Trinajstić information content (AvgIpc) is 2.56. The number of hydrogen-bond donors (Lipinski definition) is 1. The van der Waals surface area contributed by atoms with Gasteiger partial charge < -0.3 is 14.7 Å². The summed E-state index contributed by atoms with van der Waals surface area (Å²) in [4.78, 5) is 12.7. The molecule has 1 heterocycles. The van der Waals surface area contributed by atoms with Crippen LogP contribution in [0.1, 0.15) is 5.56 Å². The highest BCUT2D eigenvalue weighted by molar-refractivity contribution is 5.82. The molecule has 0 bridgehead atoms. The lowest BCUT2D eigenvalue weighted by Crippen LogP contribution is -2.35. The zero-order valence-corrected chi connectivity index (χ0v) is 8.73. The van der Waals surface area contributed by atoms with E-state index in [1.54, 1.807) is 19.1 Å². The lowest BCUT2D eigenvalue weighted by atomic mass is 10.1. The quantitative estimate of drug-likeness (QED) is 0.790. The third-order valence-corrected chi connectivity index (χ3v) is 2.84. The number of carbonyl (C=O) groups is 1. The van der Waals surface area contributed by atoms with Gasteiger partial charge in [-0.05, 0) is 11.6 Å². The molecule has 1 aromatic rings. The number of rotatable bonds is 2. The van der Waals surface area contributed by atoms with E-state index in [2.05, 4.69) is 0 Å². The predicted molar refractivity (Wildman–Crippen MR) is 56.5 cm³/mol. The van der Waals surface area contributed by atoms with Gasteiger partial charge in [0, 0.05) is 25.2 Å². The number of likely N-dealkylation sites (N-methyl/N-ethyl adjacent to an activating group) is 1. The second-order valence-corrected chi connectivity index (χ2v) is 3.66. The van der Waals surface area contributed by atoms with Crippen molar-refractivity contribution in [1.82, 2.24) is 0 Å². The van der Waals surface area contributed by atoms with E-state index in [1.807, 2.05) is 18.2 Å². The van der Waals surface area contributed by atoms with Gasteiger partial charge in [-0.1, -0.05) is 6.07 Å². The molecule has 0 aliphatic carbocycles. The van der Waals surface area contributed by atoms with E-state index >= 15 is 0 Å². The Hall–Kier alpha value is -1.71. The molecule has 0 saturated carbocycles. The zero-order chi connectivity index (χ0) is 11.0. The summed E-state index contributed by atoms with van der Waals surface area (Å²) in [7, 11) is 3.40. The maximum atomic E-state index is 11.0. The standard InChI is InChI=1S/C11H13NO3/c1-12-9-6-8(15-2)4-3-7(9)5-10(12)11(13)14/h3-4,6,10H,5H2,1-2H3,(H,13,14)/t10-/m0/s1. The number of carboxylic acid groups (broad SMARTS) is 1. The smallest absolute Gasteiger partial charge is 0.326 e. The molecule has 1 N–H and O–H groups in total. The third kappa shape index (κ3) is 1.52. The van der Waals surface area contributed by atoms with Crippen LogP contribution in [0.25, 0.3) is 0 Å². The molecule has 0 fully saturated rings. The van der Waals surface area contributed by atoms with Crippen LogP contribution in [0.2, 0.25) is 0 Å². The highest BCUT2D eigenvalue weighted by Gasteiger charge is 2.31. The van der Waals surface area contributed by atoms with Crippen LogP contribution in [0.5, 0.6) is 5.75 Å². The molecule has 1 aromatic carbocycles. The maximum absolute atomic E-state index is 11.0. The van der Waals surface area contributed by atoms with E-state index < -0.39 is 12.0 Å². The Bertz CT molecular complexity index is 403. The van der Waals surface area contributed by atoms with Gasteiger partial charge in [0.25, 0.3) is 0 Å². The molecule has 0 aromatic heterocycles. The van der Waals surface area contributed by atoms with Gasteiger partial charge in [-0.3, -0.25) is 0 Å². The molecule has 0 spiro atoms. The molecule has 1 atom stereocenters. The molecular formula is C11H13NO3. The summed E-state index contributed by atoms with van der Waals surface area (Å²) in [6.45, 7) is 0. The summed E-state index contributed by atoms with van der Waals surface area (Å²) >= 11 is 0. The van der Waals surface area contributed by atoms with Crippen molar-refractivity contribution in [2.45, 2.75) is 12.5 Å². The number of methoxy groups -OCH3 is 1. The summed E-state index contributed by atoms with van der Waals surface area (Å²) in [5, 5.41) is 9.01. The van der Waals surface area contributed by atoms with Crippen LogP contribution in [0.3, 0.4) is 0 Å². The monoisotopic (exact) mass is 207 g/mol. The molecule has 15 heavy (non-hydrogen) atoms. The number of carboxylic acids is 1. The van der Waals surface area contributed by atoms with E-state index in [4.69, 9.17) is 9.84 Å². The Morgan fingerprint density at radius 1 is 1.60 bits per heavy atom. The van der Waals surface area contributed by atoms with Gasteiger partial charge in [-0.15, -0.1) is 0 Å². The fraction of sp³-hybridized carbons (Fsp3) is 0.364. The minimum absolute atomic E-state index is 0.452. The molecule has 80 valence electrons. The van der Waals surface area contributed by atoms with Crippen molar-refractivity contribution in [3.63, 3.8) is 0 Å². The van der Waals surface area contributed by atoms with Crippen LogP contribution < -0.4 is 9.64 Å². The van der Waals surface area contributed by atoms with E-state index in [0.29, 0.717) is 6.42 Å². The normalized spacial score (nSPS) is 18.8. The fourth-order valence-electron chi connectivity index (χ4n) is 1.94. The molecule has 4 nitrogen and oxygen atoms in total. The number of nitrogens with zero attached hydrogens (tertiary/aromatic N) is 1. The molecular weight excluding hydrogens is 194 g/mol. The minimum atomic E-state index is -0.785. The third-order valence-electron chi connectivity index (χ3n) is 2.84. The number of anilines is 1. The predicted octanol–water partition coefficient (Wildman–Crippen LogP) is 1.14. The van der Waals surface area contributed by atoms with Gasteiger partial charge in [-0.25, -0.2) is 4.79 Å². The number of fused-ring (bicyclic) bond motifs is 1. The van der Waals surface area contributed by atoms with Crippen LogP contribution in [0, 0.1) is 0 Å². The van der Waals surface area contributed by atoms with Gasteiger partial charge in [-0.2, -0.15) is 0 Å². The molecule has 1 aliphatic rings. The highest BCUT2D eigenvalue weighted by Crippen LogP contribution is 2.33. The first-order valence-corrected chi connectivity index (χ1v) is 4.76. The van der Waals surface area contributed by atoms with Crippen LogP contribution in [-0.4, -0.2) is 31.3 Å². The largest absolute Gasteiger partial charge is 0.497 e. The number of hydrogen-bond acceptors (Lipinski definition) is 3. The van der Waals surface area contributed by atoms with Crippen molar-refractivity contribution in [1.29, 1.82) is 0 Å². The summed E-state index contributed by atoms with van der Waals surface area (Å²) in [6, 6.07) is 5.20. The van der Waals surface area contributed by atoms with Crippen molar-refractivity contribution < 1.29 is 14.6 Å². The Morgan fingerprint density at radius 3 is 2.93 bits per heavy atom. The minimum Gasteiger partial charge on any atom is -0.497 e. The molecule has 0 radical (unpaired) electrons. The topological polar surface area (TPSA) is 49.8 Å². The van der Waals surface area contributed by atoms with Crippen LogP contribution in [-0.2, 0) is 11.2 Å². The second kappa shape index (κ2) is 3.46. The van der Waals surface area contributed by atoms with E-state index in [0.717, 1.165) is 17.0 Å². The second-order valence-electron chi connectivity index (χ2n) is 3.66. The van der Waals surface area contributed by atoms with Gasteiger partial charge in [0.1, 0.15) is 11.8 Å². The SMILES string of the molecule is COc1ccc2c(c1)N(C)[C@H](C(=O)O)C2. The van der Waals surface area contributed by atoms with Gasteiger partial charge in [0.15, 0.2) is 0 Å². The summed E-state index contributed by atoms with van der Waals surface area (Å²) < 4.78 is 5.11. The van der Waals surface area contributed by atoms with Gasteiger partial charge in [0.2, 0.25) is 0 Å². The summed E-state index contributed by atoms with van der Waals surface area (Å²) in [5.74, 6) is -0.0284. The Morgan fingerprint density at radius 2 is 2.33 bits per heavy atom. The number of benzene rings is 1. The van der Waals surface area contributed by atoms with E-state index in [1.165, 1.54) is 0 Å². The Balaban J connectivity index is 2.37. The summed E-state index contributed by atoms with van der Waals surface area (Å²) in [6.07, 6.45) is 0.561. The van der Waals surface area contributed by atoms with Crippen LogP contribution in [0.15, 0.2) is 18.2 Å². The van der Waals surface area contributed by atoms with Gasteiger partial charge >= 0.3 is 5.97 Å². The first-order valence-electron chi connectivity index (χ1n) is 4.76. The first-order chi connectivity index (χ1) is 7.13. The van der Waals surface area contributed by atoms with Crippen LogP contribution >= 0.6 is 0 Å². The molecule has 4 heteroatoms. The number of aliphatic carboxylic acids is 1. The fourth-order valence-corrected chi connectivity index (χ4v) is 1.94. The van der Waals surface area contributed by atoms with Crippen LogP contribution in [0.4, 0.5) is 5.69 Å². The Labute approximate surface area is 88.1 Å². The first kappa shape index (κ1) is 9.83. The maximum Gasteiger partial charge on any atom is 0.326 e. The van der Waals surface area contributed by atoms with Crippen molar-refractivity contribution in [2.75, 3.05) is 19.1 Å². The molecule has 0 amide bonds.